The Balaban J connectivity index is 1.95. The van der Waals surface area contributed by atoms with E-state index in [-0.39, 0.29) is 49.5 Å². The summed E-state index contributed by atoms with van der Waals surface area (Å²) in [6, 6.07) is 2.40. The lowest BCUT2D eigenvalue weighted by atomic mass is 9.74. The van der Waals surface area contributed by atoms with Crippen LogP contribution in [0.3, 0.4) is 0 Å². The van der Waals surface area contributed by atoms with Crippen LogP contribution < -0.4 is 0 Å². The number of aliphatic carboxylic acids is 1. The molecule has 0 aliphatic heterocycles. The van der Waals surface area contributed by atoms with Gasteiger partial charge in [0.15, 0.2) is 5.69 Å². The fourth-order valence-electron chi connectivity index (χ4n) is 4.68. The number of alkyl halides is 3. The normalized spacial score (nSPS) is 21.5. The van der Waals surface area contributed by atoms with Crippen LogP contribution in [-0.4, -0.2) is 54.8 Å². The van der Waals surface area contributed by atoms with Crippen LogP contribution in [-0.2, 0) is 11.0 Å². The smallest absolute Gasteiger partial charge is 0.433 e. The summed E-state index contributed by atoms with van der Waals surface area (Å²) in [5.41, 5.74) is -3.19. The minimum absolute atomic E-state index is 0.0518. The molecule has 0 unspecified atom stereocenters. The van der Waals surface area contributed by atoms with Gasteiger partial charge in [-0.25, -0.2) is 0 Å². The number of carboxylic acids is 1. The number of hydrogen-bond acceptors (Lipinski definition) is 5. The maximum absolute atomic E-state index is 14.3. The Hall–Kier alpha value is -2.66. The van der Waals surface area contributed by atoms with Gasteiger partial charge in [-0.1, -0.05) is 32.4 Å². The number of hydrogen-bond donors (Lipinski definition) is 2. The van der Waals surface area contributed by atoms with Crippen molar-refractivity contribution >= 4 is 23.5 Å². The molecule has 37 heavy (non-hydrogen) atoms. The highest BCUT2D eigenvalue weighted by atomic mass is 35.5. The van der Waals surface area contributed by atoms with Gasteiger partial charge in [-0.05, 0) is 50.2 Å². The van der Waals surface area contributed by atoms with Crippen LogP contribution >= 0.6 is 11.6 Å². The summed E-state index contributed by atoms with van der Waals surface area (Å²) in [6.07, 6.45) is -3.12. The van der Waals surface area contributed by atoms with Gasteiger partial charge in [0, 0.05) is 12.7 Å². The number of carbonyl (C=O) groups excluding carboxylic acids is 1. The number of aliphatic hydroxyl groups excluding tert-OH is 1. The van der Waals surface area contributed by atoms with Gasteiger partial charge in [0.25, 0.3) is 5.91 Å². The lowest BCUT2D eigenvalue weighted by Crippen LogP contribution is -2.41. The molecule has 1 amide bonds. The summed E-state index contributed by atoms with van der Waals surface area (Å²) in [7, 11) is 0. The number of carboxylic acid groups (broad SMARTS) is 1. The van der Waals surface area contributed by atoms with Crippen LogP contribution in [0.5, 0.6) is 0 Å². The molecule has 1 aliphatic carbocycles. The molecule has 0 saturated heterocycles. The Morgan fingerprint density at radius 2 is 1.89 bits per heavy atom. The molecule has 2 aromatic heterocycles. The van der Waals surface area contributed by atoms with E-state index in [2.05, 4.69) is 10.1 Å². The van der Waals surface area contributed by atoms with Crippen LogP contribution in [0.4, 0.5) is 13.2 Å². The number of rotatable bonds is 7. The first kappa shape index (κ1) is 28.9. The van der Waals surface area contributed by atoms with Crippen LogP contribution in [0.15, 0.2) is 24.5 Å². The zero-order chi connectivity index (χ0) is 27.8. The fourth-order valence-corrected chi connectivity index (χ4v) is 4.92. The van der Waals surface area contributed by atoms with Gasteiger partial charge in [-0.3, -0.25) is 19.3 Å². The zero-order valence-corrected chi connectivity index (χ0v) is 22.0. The minimum atomic E-state index is -4.88. The number of pyridine rings is 1. The highest BCUT2D eigenvalue weighted by Crippen LogP contribution is 2.43. The zero-order valence-electron chi connectivity index (χ0n) is 21.2. The highest BCUT2D eigenvalue weighted by Gasteiger charge is 2.45. The summed E-state index contributed by atoms with van der Waals surface area (Å²) >= 11 is 6.12. The molecule has 1 aliphatic rings. The fraction of sp³-hybridized carbons (Fsp3) is 0.600. The van der Waals surface area contributed by atoms with E-state index in [1.165, 1.54) is 12.3 Å². The van der Waals surface area contributed by atoms with Gasteiger partial charge in [0.05, 0.1) is 40.5 Å². The van der Waals surface area contributed by atoms with Gasteiger partial charge in [-0.15, -0.1) is 0 Å². The molecule has 1 atom stereocenters. The van der Waals surface area contributed by atoms with E-state index >= 15 is 0 Å². The largest absolute Gasteiger partial charge is 0.481 e. The van der Waals surface area contributed by atoms with Crippen molar-refractivity contribution in [3.63, 3.8) is 0 Å². The summed E-state index contributed by atoms with van der Waals surface area (Å²) in [5.74, 6) is -1.91. The highest BCUT2D eigenvalue weighted by molar-refractivity contribution is 6.31. The van der Waals surface area contributed by atoms with Gasteiger partial charge in [-0.2, -0.15) is 18.3 Å². The molecule has 204 valence electrons. The van der Waals surface area contributed by atoms with Gasteiger partial charge >= 0.3 is 12.1 Å². The third kappa shape index (κ3) is 6.62. The molecule has 12 heteroatoms. The average Bonchev–Trinajstić information content (AvgIpc) is 3.23. The standard InChI is InChI=1S/C25H32ClF3N4O4/c1-23(2,3)14-32(13-18(34)19-17(26)6-5-11-30-19)21(35)16-12-31-33(20(16)25(27,28)29)15-7-9-24(4,10-8-15)22(36)37/h5-6,11-12,15,18,34H,7-10,13-14H2,1-4H3,(H,36,37)/t15-,18-,24-/m0/s1. The van der Waals surface area contributed by atoms with Gasteiger partial charge < -0.3 is 15.1 Å². The van der Waals surface area contributed by atoms with E-state index in [9.17, 15) is 33.0 Å². The molecule has 2 heterocycles. The molecule has 0 bridgehead atoms. The topological polar surface area (TPSA) is 109 Å². The van der Waals surface area contributed by atoms with E-state index < -0.39 is 52.3 Å². The summed E-state index contributed by atoms with van der Waals surface area (Å²) < 4.78 is 43.8. The molecule has 0 spiro atoms. The molecule has 3 rings (SSSR count). The van der Waals surface area contributed by atoms with Crippen molar-refractivity contribution in [3.8, 4) is 0 Å². The molecule has 2 N–H and O–H groups in total. The molecular weight excluding hydrogens is 513 g/mol. The molecule has 2 aromatic rings. The number of amides is 1. The average molecular weight is 545 g/mol. The van der Waals surface area contributed by atoms with Crippen molar-refractivity contribution in [3.05, 3.63) is 46.5 Å². The Labute approximate surface area is 218 Å². The minimum Gasteiger partial charge on any atom is -0.481 e. The molecule has 0 radical (unpaired) electrons. The SMILES string of the molecule is CC(C)(C)CN(C[C@H](O)c1ncccc1Cl)C(=O)c1cnn([C@H]2CC[C@](C)(C(=O)O)CC2)c1C(F)(F)F. The van der Waals surface area contributed by atoms with E-state index in [0.29, 0.717) is 0 Å². The van der Waals surface area contributed by atoms with Crippen LogP contribution in [0.2, 0.25) is 5.02 Å². The van der Waals surface area contributed by atoms with Crippen molar-refractivity contribution in [2.45, 2.75) is 71.7 Å². The number of aliphatic hydroxyl groups is 1. The van der Waals surface area contributed by atoms with Crippen LogP contribution in [0.1, 0.15) is 87.3 Å². The lowest BCUT2D eigenvalue weighted by Gasteiger charge is -2.35. The lowest BCUT2D eigenvalue weighted by molar-refractivity contribution is -0.152. The van der Waals surface area contributed by atoms with Crippen molar-refractivity contribution in [1.82, 2.24) is 19.7 Å². The van der Waals surface area contributed by atoms with Crippen molar-refractivity contribution in [2.24, 2.45) is 10.8 Å². The molecule has 8 nitrogen and oxygen atoms in total. The second-order valence-corrected chi connectivity index (χ2v) is 11.5. The third-order valence-electron chi connectivity index (χ3n) is 6.66. The molecule has 1 saturated carbocycles. The van der Waals surface area contributed by atoms with Crippen LogP contribution in [0.25, 0.3) is 0 Å². The van der Waals surface area contributed by atoms with E-state index in [1.54, 1.807) is 13.0 Å². The van der Waals surface area contributed by atoms with E-state index in [0.717, 1.165) is 15.8 Å². The first-order valence-corrected chi connectivity index (χ1v) is 12.4. The third-order valence-corrected chi connectivity index (χ3v) is 6.98. The van der Waals surface area contributed by atoms with Gasteiger partial charge in [0.1, 0.15) is 6.10 Å². The molecule has 1 fully saturated rings. The predicted molar refractivity (Wildman–Crippen MR) is 130 cm³/mol. The van der Waals surface area contributed by atoms with Crippen molar-refractivity contribution in [2.75, 3.05) is 13.1 Å². The predicted octanol–water partition coefficient (Wildman–Crippen LogP) is 5.38. The first-order chi connectivity index (χ1) is 17.0. The van der Waals surface area contributed by atoms with Crippen molar-refractivity contribution in [1.29, 1.82) is 0 Å². The number of nitrogens with zero attached hydrogens (tertiary/aromatic N) is 4. The maximum Gasteiger partial charge on any atom is 0.433 e. The quantitative estimate of drug-likeness (QED) is 0.484. The Morgan fingerprint density at radius 1 is 1.27 bits per heavy atom. The first-order valence-electron chi connectivity index (χ1n) is 12.0. The van der Waals surface area contributed by atoms with Gasteiger partial charge in [0.2, 0.25) is 0 Å². The Morgan fingerprint density at radius 3 is 2.41 bits per heavy atom. The molecule has 0 aromatic carbocycles. The Bertz CT molecular complexity index is 1140. The van der Waals surface area contributed by atoms with E-state index in [1.807, 2.05) is 20.8 Å². The summed E-state index contributed by atoms with van der Waals surface area (Å²) in [6.45, 7) is 6.78. The monoisotopic (exact) mass is 544 g/mol. The summed E-state index contributed by atoms with van der Waals surface area (Å²) in [5, 5.41) is 24.3. The number of carbonyl (C=O) groups is 2. The van der Waals surface area contributed by atoms with E-state index in [4.69, 9.17) is 11.6 Å². The second kappa shape index (κ2) is 10.6. The summed E-state index contributed by atoms with van der Waals surface area (Å²) in [4.78, 5) is 30.3. The Kier molecular flexibility index (Phi) is 8.28. The number of aromatic nitrogens is 3. The van der Waals surface area contributed by atoms with Crippen LogP contribution in [0, 0.1) is 10.8 Å². The van der Waals surface area contributed by atoms with Crippen molar-refractivity contribution < 1.29 is 33.0 Å². The molecular formula is C25H32ClF3N4O4. The maximum atomic E-state index is 14.3. The second-order valence-electron chi connectivity index (χ2n) is 11.1. The number of halogens is 4.